The van der Waals surface area contributed by atoms with E-state index in [1.807, 2.05) is 0 Å². The normalized spacial score (nSPS) is 46.5. The first-order chi connectivity index (χ1) is 13.7. The van der Waals surface area contributed by atoms with Crippen molar-refractivity contribution in [3.63, 3.8) is 0 Å². The second kappa shape index (κ2) is 7.99. The molecule has 29 heavy (non-hydrogen) atoms. The summed E-state index contributed by atoms with van der Waals surface area (Å²) < 4.78 is 0. The molecule has 9 atom stereocenters. The summed E-state index contributed by atoms with van der Waals surface area (Å²) in [5.41, 5.74) is 2.59. The molecule has 4 aliphatic carbocycles. The van der Waals surface area contributed by atoms with Gasteiger partial charge in [-0.15, -0.1) is 0 Å². The van der Waals surface area contributed by atoms with Crippen molar-refractivity contribution < 1.29 is 5.11 Å². The lowest BCUT2D eigenvalue weighted by molar-refractivity contribution is -0.0574. The van der Waals surface area contributed by atoms with E-state index < -0.39 is 0 Å². The minimum atomic E-state index is -0.0790. The lowest BCUT2D eigenvalue weighted by Crippen LogP contribution is -2.50. The van der Waals surface area contributed by atoms with Crippen molar-refractivity contribution in [1.82, 2.24) is 0 Å². The van der Waals surface area contributed by atoms with E-state index in [1.165, 1.54) is 51.4 Å². The van der Waals surface area contributed by atoms with E-state index in [2.05, 4.69) is 47.6 Å². The summed E-state index contributed by atoms with van der Waals surface area (Å²) >= 11 is 0. The van der Waals surface area contributed by atoms with Gasteiger partial charge in [-0.2, -0.15) is 0 Å². The van der Waals surface area contributed by atoms with Gasteiger partial charge in [0.2, 0.25) is 0 Å². The van der Waals surface area contributed by atoms with E-state index in [4.69, 9.17) is 0 Å². The average Bonchev–Trinajstić information content (AvgIpc) is 3.03. The number of aliphatic hydroxyl groups excluding tert-OH is 1. The van der Waals surface area contributed by atoms with Crippen molar-refractivity contribution in [3.05, 3.63) is 11.6 Å². The molecule has 0 heterocycles. The molecular formula is C28H48O. The van der Waals surface area contributed by atoms with Gasteiger partial charge in [0, 0.05) is 0 Å². The monoisotopic (exact) mass is 400 g/mol. The van der Waals surface area contributed by atoms with Crippen molar-refractivity contribution in [2.75, 3.05) is 0 Å². The van der Waals surface area contributed by atoms with Crippen LogP contribution in [0.25, 0.3) is 0 Å². The molecule has 0 aliphatic heterocycles. The molecule has 0 aromatic carbocycles. The molecule has 4 rings (SSSR count). The Morgan fingerprint density at radius 3 is 2.45 bits per heavy atom. The fraction of sp³-hybridized carbons (Fsp3) is 0.929. The number of aliphatic hydroxyl groups is 1. The summed E-state index contributed by atoms with van der Waals surface area (Å²) in [5.74, 6) is 6.24. The largest absolute Gasteiger partial charge is 0.393 e. The highest BCUT2D eigenvalue weighted by molar-refractivity contribution is 5.25. The van der Waals surface area contributed by atoms with Crippen LogP contribution in [-0.2, 0) is 0 Å². The molecule has 0 radical (unpaired) electrons. The summed E-state index contributed by atoms with van der Waals surface area (Å²) in [4.78, 5) is 0. The number of rotatable bonds is 5. The van der Waals surface area contributed by atoms with Crippen LogP contribution in [-0.4, -0.2) is 11.2 Å². The maximum absolute atomic E-state index is 10.2. The number of fused-ring (bicyclic) bond motifs is 5. The van der Waals surface area contributed by atoms with Crippen LogP contribution in [0, 0.1) is 52.3 Å². The maximum Gasteiger partial charge on any atom is 0.0577 e. The van der Waals surface area contributed by atoms with Crippen molar-refractivity contribution in [2.45, 2.75) is 112 Å². The Balaban J connectivity index is 1.49. The summed E-state index contributed by atoms with van der Waals surface area (Å²) in [6, 6.07) is 0. The van der Waals surface area contributed by atoms with E-state index >= 15 is 0 Å². The highest BCUT2D eigenvalue weighted by Crippen LogP contribution is 2.67. The smallest absolute Gasteiger partial charge is 0.0577 e. The second-order valence-electron chi connectivity index (χ2n) is 12.7. The van der Waals surface area contributed by atoms with Crippen molar-refractivity contribution in [2.24, 2.45) is 52.3 Å². The average molecular weight is 401 g/mol. The maximum atomic E-state index is 10.2. The molecule has 0 aromatic heterocycles. The van der Waals surface area contributed by atoms with Gasteiger partial charge >= 0.3 is 0 Å². The van der Waals surface area contributed by atoms with Crippen molar-refractivity contribution >= 4 is 0 Å². The zero-order chi connectivity index (χ0) is 21.0. The zero-order valence-corrected chi connectivity index (χ0v) is 20.2. The van der Waals surface area contributed by atoms with Crippen LogP contribution in [0.5, 0.6) is 0 Å². The van der Waals surface area contributed by atoms with E-state index in [0.29, 0.717) is 10.8 Å². The topological polar surface area (TPSA) is 20.2 Å². The molecule has 4 aliphatic rings. The van der Waals surface area contributed by atoms with Crippen LogP contribution < -0.4 is 0 Å². The number of hydrogen-bond acceptors (Lipinski definition) is 1. The molecular weight excluding hydrogens is 352 g/mol. The van der Waals surface area contributed by atoms with Crippen LogP contribution in [0.15, 0.2) is 11.6 Å². The molecule has 1 N–H and O–H groups in total. The predicted molar refractivity (Wildman–Crippen MR) is 124 cm³/mol. The molecule has 0 saturated heterocycles. The third kappa shape index (κ3) is 3.66. The van der Waals surface area contributed by atoms with Gasteiger partial charge in [0.15, 0.2) is 0 Å². The minimum absolute atomic E-state index is 0.0790. The van der Waals surface area contributed by atoms with Crippen LogP contribution >= 0.6 is 0 Å². The SMILES string of the molecule is CC(C)C(C)CCC(C)C1CCC2C3CC=C4CC(O)CCC4(C)C3CCC12C. The highest BCUT2D eigenvalue weighted by Gasteiger charge is 2.59. The van der Waals surface area contributed by atoms with E-state index in [1.54, 1.807) is 5.57 Å². The molecule has 166 valence electrons. The highest BCUT2D eigenvalue weighted by atomic mass is 16.3. The molecule has 1 heteroatoms. The van der Waals surface area contributed by atoms with Crippen LogP contribution in [0.4, 0.5) is 0 Å². The molecule has 1 nitrogen and oxygen atoms in total. The van der Waals surface area contributed by atoms with Gasteiger partial charge < -0.3 is 5.11 Å². The van der Waals surface area contributed by atoms with Crippen LogP contribution in [0.2, 0.25) is 0 Å². The molecule has 0 aromatic rings. The Bertz CT molecular complexity index is 620. The zero-order valence-electron chi connectivity index (χ0n) is 20.2. The predicted octanol–water partition coefficient (Wildman–Crippen LogP) is 7.63. The third-order valence-electron chi connectivity index (χ3n) is 11.1. The lowest BCUT2D eigenvalue weighted by Gasteiger charge is -2.58. The van der Waals surface area contributed by atoms with Crippen molar-refractivity contribution in [3.8, 4) is 0 Å². The van der Waals surface area contributed by atoms with Gasteiger partial charge in [0.05, 0.1) is 6.10 Å². The van der Waals surface area contributed by atoms with Crippen LogP contribution in [0.1, 0.15) is 106 Å². The van der Waals surface area contributed by atoms with Crippen molar-refractivity contribution in [1.29, 1.82) is 0 Å². The second-order valence-corrected chi connectivity index (χ2v) is 12.7. The summed E-state index contributed by atoms with van der Waals surface area (Å²) in [5, 5.41) is 10.2. The Kier molecular flexibility index (Phi) is 6.04. The van der Waals surface area contributed by atoms with Gasteiger partial charge in [-0.05, 0) is 104 Å². The van der Waals surface area contributed by atoms with Gasteiger partial charge in [-0.1, -0.05) is 66.0 Å². The Hall–Kier alpha value is -0.300. The summed E-state index contributed by atoms with van der Waals surface area (Å²) in [6.07, 6.45) is 15.7. The van der Waals surface area contributed by atoms with Crippen LogP contribution in [0.3, 0.4) is 0 Å². The Morgan fingerprint density at radius 1 is 0.966 bits per heavy atom. The van der Waals surface area contributed by atoms with E-state index in [9.17, 15) is 5.11 Å². The fourth-order valence-corrected chi connectivity index (χ4v) is 8.68. The molecule has 3 fully saturated rings. The number of hydrogen-bond donors (Lipinski definition) is 1. The lowest BCUT2D eigenvalue weighted by atomic mass is 9.47. The van der Waals surface area contributed by atoms with Gasteiger partial charge in [-0.25, -0.2) is 0 Å². The Labute approximate surface area is 181 Å². The van der Waals surface area contributed by atoms with Gasteiger partial charge in [0.25, 0.3) is 0 Å². The summed E-state index contributed by atoms with van der Waals surface area (Å²) in [6.45, 7) is 15.1. The molecule has 9 unspecified atom stereocenters. The first-order valence-corrected chi connectivity index (χ1v) is 13.0. The number of allylic oxidation sites excluding steroid dienone is 1. The minimum Gasteiger partial charge on any atom is -0.393 e. The van der Waals surface area contributed by atoms with E-state index in [-0.39, 0.29) is 6.10 Å². The molecule has 0 amide bonds. The quantitative estimate of drug-likeness (QED) is 0.470. The van der Waals surface area contributed by atoms with Gasteiger partial charge in [-0.3, -0.25) is 0 Å². The van der Waals surface area contributed by atoms with Gasteiger partial charge in [0.1, 0.15) is 0 Å². The first-order valence-electron chi connectivity index (χ1n) is 13.0. The fourth-order valence-electron chi connectivity index (χ4n) is 8.68. The third-order valence-corrected chi connectivity index (χ3v) is 11.1. The first kappa shape index (κ1) is 21.9. The Morgan fingerprint density at radius 2 is 1.72 bits per heavy atom. The summed E-state index contributed by atoms with van der Waals surface area (Å²) in [7, 11) is 0. The van der Waals surface area contributed by atoms with E-state index in [0.717, 1.165) is 54.3 Å². The molecule has 0 spiro atoms. The molecule has 0 bridgehead atoms. The molecule has 3 saturated carbocycles. The standard InChI is InChI=1S/C28H48O/c1-18(2)19(3)7-8-20(4)24-11-12-25-23-10-9-21-17-22(29)13-15-27(21,5)26(23)14-16-28(24,25)6/h9,18-20,22-26,29H,7-8,10-17H2,1-6H3.